The smallest absolute Gasteiger partial charge is 0.205 e. The van der Waals surface area contributed by atoms with Gasteiger partial charge in [0.2, 0.25) is 5.88 Å². The van der Waals surface area contributed by atoms with Crippen LogP contribution in [0.4, 0.5) is 5.69 Å². The van der Waals surface area contributed by atoms with E-state index in [2.05, 4.69) is 9.97 Å². The lowest BCUT2D eigenvalue weighted by Crippen LogP contribution is -1.95. The Bertz CT molecular complexity index is 945. The van der Waals surface area contributed by atoms with Gasteiger partial charge in [-0.15, -0.1) is 0 Å². The van der Waals surface area contributed by atoms with Gasteiger partial charge in [0.1, 0.15) is 11.2 Å². The van der Waals surface area contributed by atoms with Gasteiger partial charge >= 0.3 is 0 Å². The molecule has 4 rings (SSSR count). The highest BCUT2D eigenvalue weighted by atomic mass is 16.5. The SMILES string of the molecule is Nc1ccc(Oc2cccc3nccn23)c2ncccc12. The number of aromatic nitrogens is 3. The highest BCUT2D eigenvalue weighted by Gasteiger charge is 2.09. The van der Waals surface area contributed by atoms with Gasteiger partial charge in [0.25, 0.3) is 0 Å². The van der Waals surface area contributed by atoms with Gasteiger partial charge in [-0.1, -0.05) is 6.07 Å². The largest absolute Gasteiger partial charge is 0.438 e. The maximum absolute atomic E-state index is 6.02. The Hall–Kier alpha value is -3.08. The van der Waals surface area contributed by atoms with E-state index >= 15 is 0 Å². The van der Waals surface area contributed by atoms with Crippen molar-refractivity contribution in [2.45, 2.75) is 0 Å². The molecule has 0 aliphatic carbocycles. The molecular formula is C16H12N4O. The van der Waals surface area contributed by atoms with Gasteiger partial charge in [-0.3, -0.25) is 9.38 Å². The van der Waals surface area contributed by atoms with Crippen molar-refractivity contribution in [3.8, 4) is 11.6 Å². The normalized spacial score (nSPS) is 11.0. The summed E-state index contributed by atoms with van der Waals surface area (Å²) in [5.74, 6) is 1.35. The molecule has 0 amide bonds. The van der Waals surface area contributed by atoms with Crippen molar-refractivity contribution in [1.29, 1.82) is 0 Å². The number of benzene rings is 1. The third-order valence-corrected chi connectivity index (χ3v) is 3.37. The molecule has 0 fully saturated rings. The summed E-state index contributed by atoms with van der Waals surface area (Å²) in [4.78, 5) is 8.62. The summed E-state index contributed by atoms with van der Waals surface area (Å²) >= 11 is 0. The molecule has 4 aromatic rings. The number of fused-ring (bicyclic) bond motifs is 2. The number of pyridine rings is 2. The highest BCUT2D eigenvalue weighted by Crippen LogP contribution is 2.31. The van der Waals surface area contributed by atoms with Crippen LogP contribution in [0.25, 0.3) is 16.6 Å². The number of anilines is 1. The van der Waals surface area contributed by atoms with Crippen LogP contribution in [0.2, 0.25) is 0 Å². The number of hydrogen-bond acceptors (Lipinski definition) is 4. The van der Waals surface area contributed by atoms with Crippen molar-refractivity contribution in [2.75, 3.05) is 5.73 Å². The third-order valence-electron chi connectivity index (χ3n) is 3.37. The van der Waals surface area contributed by atoms with E-state index in [9.17, 15) is 0 Å². The van der Waals surface area contributed by atoms with Crippen molar-refractivity contribution in [3.05, 3.63) is 61.1 Å². The number of hydrogen-bond donors (Lipinski definition) is 1. The Kier molecular flexibility index (Phi) is 2.50. The van der Waals surface area contributed by atoms with E-state index in [0.29, 0.717) is 17.3 Å². The lowest BCUT2D eigenvalue weighted by molar-refractivity contribution is 0.460. The van der Waals surface area contributed by atoms with Crippen LogP contribution in [0, 0.1) is 0 Å². The van der Waals surface area contributed by atoms with Crippen LogP contribution in [0.1, 0.15) is 0 Å². The molecule has 21 heavy (non-hydrogen) atoms. The van der Waals surface area contributed by atoms with Crippen molar-refractivity contribution < 1.29 is 4.74 Å². The molecule has 0 atom stereocenters. The fourth-order valence-corrected chi connectivity index (χ4v) is 2.37. The molecule has 0 aliphatic heterocycles. The predicted molar refractivity (Wildman–Crippen MR) is 81.4 cm³/mol. The maximum Gasteiger partial charge on any atom is 0.205 e. The second-order valence-electron chi connectivity index (χ2n) is 4.67. The van der Waals surface area contributed by atoms with Crippen LogP contribution in [-0.4, -0.2) is 14.4 Å². The Morgan fingerprint density at radius 3 is 2.86 bits per heavy atom. The first-order chi connectivity index (χ1) is 10.3. The van der Waals surface area contributed by atoms with E-state index in [0.717, 1.165) is 16.6 Å². The molecular weight excluding hydrogens is 264 g/mol. The van der Waals surface area contributed by atoms with Gasteiger partial charge in [-0.2, -0.15) is 0 Å². The Morgan fingerprint density at radius 2 is 1.90 bits per heavy atom. The number of imidazole rings is 1. The van der Waals surface area contributed by atoms with Crippen molar-refractivity contribution >= 4 is 22.2 Å². The molecule has 0 radical (unpaired) electrons. The molecule has 3 aromatic heterocycles. The van der Waals surface area contributed by atoms with E-state index in [1.54, 1.807) is 12.4 Å². The van der Waals surface area contributed by atoms with Crippen LogP contribution in [-0.2, 0) is 0 Å². The van der Waals surface area contributed by atoms with Crippen molar-refractivity contribution in [3.63, 3.8) is 0 Å². The fraction of sp³-hybridized carbons (Fsp3) is 0. The number of rotatable bonds is 2. The molecule has 0 saturated carbocycles. The van der Waals surface area contributed by atoms with Gasteiger partial charge in [-0.05, 0) is 36.4 Å². The molecule has 0 spiro atoms. The van der Waals surface area contributed by atoms with Gasteiger partial charge in [0.15, 0.2) is 5.75 Å². The van der Waals surface area contributed by atoms with E-state index in [-0.39, 0.29) is 0 Å². The standard InChI is InChI=1S/C16H12N4O/c17-12-6-7-13(16-11(12)3-2-8-19-16)21-15-5-1-4-14-18-9-10-20(14)15/h1-10H,17H2. The Morgan fingerprint density at radius 1 is 0.952 bits per heavy atom. The number of nitrogen functional groups attached to an aromatic ring is 1. The number of ether oxygens (including phenoxy) is 1. The summed E-state index contributed by atoms with van der Waals surface area (Å²) in [6.07, 6.45) is 5.32. The van der Waals surface area contributed by atoms with Crippen LogP contribution < -0.4 is 10.5 Å². The maximum atomic E-state index is 6.02. The van der Waals surface area contributed by atoms with Crippen LogP contribution in [0.3, 0.4) is 0 Å². The average Bonchev–Trinajstić information content (AvgIpc) is 3.00. The van der Waals surface area contributed by atoms with E-state index in [1.165, 1.54) is 0 Å². The van der Waals surface area contributed by atoms with E-state index in [4.69, 9.17) is 10.5 Å². The minimum absolute atomic E-state index is 0.668. The molecule has 0 aliphatic rings. The second-order valence-corrected chi connectivity index (χ2v) is 4.67. The topological polar surface area (TPSA) is 65.4 Å². The minimum atomic E-state index is 0.668. The first-order valence-corrected chi connectivity index (χ1v) is 6.56. The van der Waals surface area contributed by atoms with E-state index in [1.807, 2.05) is 53.1 Å². The summed E-state index contributed by atoms with van der Waals surface area (Å²) in [6, 6.07) is 13.2. The zero-order chi connectivity index (χ0) is 14.2. The van der Waals surface area contributed by atoms with Gasteiger partial charge in [0, 0.05) is 29.7 Å². The monoisotopic (exact) mass is 276 g/mol. The average molecular weight is 276 g/mol. The summed E-state index contributed by atoms with van der Waals surface area (Å²) in [5, 5.41) is 0.882. The molecule has 0 bridgehead atoms. The minimum Gasteiger partial charge on any atom is -0.438 e. The molecule has 1 aromatic carbocycles. The number of nitrogens with two attached hydrogens (primary N) is 1. The second kappa shape index (κ2) is 4.49. The molecule has 5 nitrogen and oxygen atoms in total. The first kappa shape index (κ1) is 11.7. The summed E-state index contributed by atoms with van der Waals surface area (Å²) in [5.41, 5.74) is 8.25. The van der Waals surface area contributed by atoms with Gasteiger partial charge < -0.3 is 10.5 Å². The fourth-order valence-electron chi connectivity index (χ4n) is 2.37. The van der Waals surface area contributed by atoms with Gasteiger partial charge in [-0.25, -0.2) is 4.98 Å². The summed E-state index contributed by atoms with van der Waals surface area (Å²) < 4.78 is 7.90. The van der Waals surface area contributed by atoms with Crippen LogP contribution in [0.15, 0.2) is 61.1 Å². The predicted octanol–water partition coefficient (Wildman–Crippen LogP) is 3.26. The lowest BCUT2D eigenvalue weighted by Gasteiger charge is -2.11. The number of nitrogens with zero attached hydrogens (tertiary/aromatic N) is 3. The van der Waals surface area contributed by atoms with Crippen LogP contribution in [0.5, 0.6) is 11.6 Å². The lowest BCUT2D eigenvalue weighted by atomic mass is 10.2. The van der Waals surface area contributed by atoms with Crippen molar-refractivity contribution in [1.82, 2.24) is 14.4 Å². The molecule has 0 saturated heterocycles. The summed E-state index contributed by atoms with van der Waals surface area (Å²) in [7, 11) is 0. The zero-order valence-electron chi connectivity index (χ0n) is 11.1. The molecule has 0 unspecified atom stereocenters. The first-order valence-electron chi connectivity index (χ1n) is 6.56. The quantitative estimate of drug-likeness (QED) is 0.571. The van der Waals surface area contributed by atoms with Gasteiger partial charge in [0.05, 0.1) is 0 Å². The zero-order valence-corrected chi connectivity index (χ0v) is 11.1. The van der Waals surface area contributed by atoms with E-state index < -0.39 is 0 Å². The van der Waals surface area contributed by atoms with Crippen LogP contribution >= 0.6 is 0 Å². The molecule has 5 heteroatoms. The Balaban J connectivity index is 1.88. The van der Waals surface area contributed by atoms with Crippen molar-refractivity contribution in [2.24, 2.45) is 0 Å². The summed E-state index contributed by atoms with van der Waals surface area (Å²) in [6.45, 7) is 0. The highest BCUT2D eigenvalue weighted by molar-refractivity contribution is 5.94. The Labute approximate surface area is 120 Å². The molecule has 3 heterocycles. The molecule has 2 N–H and O–H groups in total. The third kappa shape index (κ3) is 1.87. The molecule has 102 valence electrons.